The summed E-state index contributed by atoms with van der Waals surface area (Å²) in [5.74, 6) is 0. The van der Waals surface area contributed by atoms with Crippen molar-refractivity contribution in [3.05, 3.63) is 65.8 Å². The number of nitrogens with zero attached hydrogens (tertiary/aromatic N) is 2. The van der Waals surface area contributed by atoms with Crippen LogP contribution in [0.3, 0.4) is 0 Å². The van der Waals surface area contributed by atoms with Crippen LogP contribution >= 0.6 is 11.8 Å². The molecule has 0 aliphatic carbocycles. The fraction of sp³-hybridized carbons (Fsp3) is 0.0714. The van der Waals surface area contributed by atoms with Gasteiger partial charge in [0, 0.05) is 0 Å². The summed E-state index contributed by atoms with van der Waals surface area (Å²) in [5, 5.41) is 2.25. The molecule has 0 amide bonds. The first-order valence-corrected chi connectivity index (χ1v) is 8.06. The minimum absolute atomic E-state index is 0.482. The quantitative estimate of drug-likeness (QED) is 0.792. The predicted molar refractivity (Wildman–Crippen MR) is 81.1 cm³/mol. The van der Waals surface area contributed by atoms with Crippen LogP contribution in [0.2, 0.25) is 0 Å². The summed E-state index contributed by atoms with van der Waals surface area (Å²) in [6, 6.07) is 14.7. The molecule has 18 heavy (non-hydrogen) atoms. The molecule has 1 aliphatic rings. The van der Waals surface area contributed by atoms with Crippen LogP contribution in [0.25, 0.3) is 5.70 Å². The van der Waals surface area contributed by atoms with Gasteiger partial charge in [0.15, 0.2) is 0 Å². The van der Waals surface area contributed by atoms with Gasteiger partial charge < -0.3 is 0 Å². The number of hydrogen-bond donors (Lipinski definition) is 0. The minimum atomic E-state index is 0.482. The zero-order valence-corrected chi connectivity index (χ0v) is 13.0. The first-order valence-electron chi connectivity index (χ1n) is 5.72. The van der Waals surface area contributed by atoms with Gasteiger partial charge in [-0.2, -0.15) is 0 Å². The normalized spacial score (nSPS) is 18.8. The summed E-state index contributed by atoms with van der Waals surface area (Å²) in [6.45, 7) is 0. The van der Waals surface area contributed by atoms with Gasteiger partial charge in [-0.15, -0.1) is 0 Å². The average Bonchev–Trinajstić information content (AvgIpc) is 2.83. The maximum atomic E-state index is 4.09. The Morgan fingerprint density at radius 1 is 1.06 bits per heavy atom. The molecule has 1 aliphatic heterocycles. The van der Waals surface area contributed by atoms with E-state index in [1.54, 1.807) is 16.9 Å². The molecule has 2 nitrogen and oxygen atoms in total. The van der Waals surface area contributed by atoms with E-state index in [9.17, 15) is 0 Å². The molecule has 2 unspecified atom stereocenters. The van der Waals surface area contributed by atoms with E-state index in [1.807, 2.05) is 24.2 Å². The van der Waals surface area contributed by atoms with E-state index >= 15 is 0 Å². The maximum absolute atomic E-state index is 4.09. The third kappa shape index (κ3) is 2.21. The van der Waals surface area contributed by atoms with Crippen molar-refractivity contribution in [2.45, 2.75) is 4.16 Å². The Kier molecular flexibility index (Phi) is 3.44. The van der Waals surface area contributed by atoms with Crippen LogP contribution in [0, 0.1) is 0 Å². The van der Waals surface area contributed by atoms with Crippen LogP contribution in [-0.2, 0) is 0 Å². The van der Waals surface area contributed by atoms with E-state index in [4.69, 9.17) is 0 Å². The van der Waals surface area contributed by atoms with Crippen molar-refractivity contribution in [1.29, 1.82) is 0 Å². The standard InChI is InChI=1S/C14H13AsN2S/c15-14-17(12-6-8-16-9-7-12)13(10-18-14)11-4-2-1-3-5-11/h1-10,14H,15H2. The zero-order chi connectivity index (χ0) is 12.4. The molecule has 2 heterocycles. The molecule has 0 N–H and O–H groups in total. The van der Waals surface area contributed by atoms with Crippen LogP contribution in [0.5, 0.6) is 0 Å². The van der Waals surface area contributed by atoms with E-state index in [-0.39, 0.29) is 0 Å². The van der Waals surface area contributed by atoms with Gasteiger partial charge >= 0.3 is 120 Å². The Labute approximate surface area is 120 Å². The molecule has 2 aromatic rings. The molecule has 0 bridgehead atoms. The van der Waals surface area contributed by atoms with Crippen molar-refractivity contribution < 1.29 is 0 Å². The van der Waals surface area contributed by atoms with Gasteiger partial charge in [0.25, 0.3) is 0 Å². The Morgan fingerprint density at radius 3 is 2.50 bits per heavy atom. The van der Waals surface area contributed by atoms with Gasteiger partial charge in [0.1, 0.15) is 0 Å². The van der Waals surface area contributed by atoms with Crippen molar-refractivity contribution in [1.82, 2.24) is 4.98 Å². The van der Waals surface area contributed by atoms with Crippen LogP contribution in [0.1, 0.15) is 5.56 Å². The summed E-state index contributed by atoms with van der Waals surface area (Å²) in [5.41, 5.74) is 3.75. The molecular formula is C14H13AsN2S. The Balaban J connectivity index is 2.00. The van der Waals surface area contributed by atoms with Crippen LogP contribution in [0.15, 0.2) is 60.3 Å². The molecule has 0 radical (unpaired) electrons. The number of benzene rings is 1. The Hall–Kier alpha value is -1.18. The van der Waals surface area contributed by atoms with Gasteiger partial charge in [0.2, 0.25) is 0 Å². The number of thioether (sulfide) groups is 1. The number of hydrogen-bond acceptors (Lipinski definition) is 3. The second-order valence-electron chi connectivity index (χ2n) is 3.97. The number of anilines is 1. The molecule has 3 rings (SSSR count). The molecule has 0 saturated heterocycles. The summed E-state index contributed by atoms with van der Waals surface area (Å²) < 4.78 is 0.482. The van der Waals surface area contributed by atoms with Crippen molar-refractivity contribution in [2.24, 2.45) is 0 Å². The summed E-state index contributed by atoms with van der Waals surface area (Å²) in [4.78, 5) is 6.47. The molecule has 2 atom stereocenters. The monoisotopic (exact) mass is 316 g/mol. The average molecular weight is 316 g/mol. The van der Waals surface area contributed by atoms with Gasteiger partial charge in [-0.3, -0.25) is 0 Å². The Bertz CT molecular complexity index is 557. The summed E-state index contributed by atoms with van der Waals surface area (Å²) in [7, 11) is 0. The third-order valence-electron chi connectivity index (χ3n) is 2.84. The van der Waals surface area contributed by atoms with Gasteiger partial charge in [-0.05, 0) is 0 Å². The van der Waals surface area contributed by atoms with E-state index < -0.39 is 0 Å². The molecule has 1 aromatic carbocycles. The van der Waals surface area contributed by atoms with Gasteiger partial charge in [0.05, 0.1) is 0 Å². The van der Waals surface area contributed by atoms with Crippen molar-refractivity contribution in [2.75, 3.05) is 4.90 Å². The van der Waals surface area contributed by atoms with E-state index in [0.29, 0.717) is 4.16 Å². The molecule has 90 valence electrons. The number of rotatable bonds is 2. The van der Waals surface area contributed by atoms with Crippen molar-refractivity contribution >= 4 is 40.0 Å². The van der Waals surface area contributed by atoms with Crippen LogP contribution in [-0.4, -0.2) is 26.0 Å². The molecule has 4 heteroatoms. The first-order chi connectivity index (χ1) is 8.86. The molecule has 0 fully saturated rings. The first kappa shape index (κ1) is 11.9. The van der Waals surface area contributed by atoms with E-state index in [1.165, 1.54) is 16.9 Å². The fourth-order valence-corrected chi connectivity index (χ4v) is 4.06. The molecule has 0 saturated carbocycles. The van der Waals surface area contributed by atoms with Gasteiger partial charge in [-0.1, -0.05) is 0 Å². The third-order valence-corrected chi connectivity index (χ3v) is 5.31. The van der Waals surface area contributed by atoms with Crippen molar-refractivity contribution in [3.63, 3.8) is 0 Å². The summed E-state index contributed by atoms with van der Waals surface area (Å²) >= 11 is 3.60. The Morgan fingerprint density at radius 2 is 1.78 bits per heavy atom. The van der Waals surface area contributed by atoms with Gasteiger partial charge in [-0.25, -0.2) is 0 Å². The predicted octanol–water partition coefficient (Wildman–Crippen LogP) is 2.55. The second-order valence-corrected chi connectivity index (χ2v) is 7.30. The van der Waals surface area contributed by atoms with Crippen LogP contribution in [0.4, 0.5) is 5.69 Å². The second kappa shape index (κ2) is 5.21. The van der Waals surface area contributed by atoms with E-state index in [2.05, 4.69) is 57.8 Å². The van der Waals surface area contributed by atoms with Crippen LogP contribution < -0.4 is 4.90 Å². The SMILES string of the molecule is [AsH2]C1SC=C(c2ccccc2)N1c1ccncc1. The topological polar surface area (TPSA) is 16.1 Å². The number of pyridine rings is 1. The van der Waals surface area contributed by atoms with E-state index in [0.717, 1.165) is 0 Å². The summed E-state index contributed by atoms with van der Waals surface area (Å²) in [6.07, 6.45) is 3.70. The zero-order valence-electron chi connectivity index (χ0n) is 9.73. The fourth-order valence-electron chi connectivity index (χ4n) is 2.00. The molecule has 1 aromatic heterocycles. The molecule has 0 spiro atoms. The van der Waals surface area contributed by atoms with Crippen molar-refractivity contribution in [3.8, 4) is 0 Å². The molecular weight excluding hydrogens is 303 g/mol. The number of aromatic nitrogens is 1.